The Bertz CT molecular complexity index is 2910. The summed E-state index contributed by atoms with van der Waals surface area (Å²) >= 11 is 0. The van der Waals surface area contributed by atoms with Crippen LogP contribution in [0, 0.1) is 0 Å². The maximum atomic E-state index is 14.1. The van der Waals surface area contributed by atoms with E-state index in [0.29, 0.717) is 44.4 Å². The number of anilines is 2. The van der Waals surface area contributed by atoms with E-state index in [4.69, 9.17) is 0 Å². The van der Waals surface area contributed by atoms with Gasteiger partial charge < -0.3 is 0 Å². The number of fused-ring (bicyclic) bond motifs is 2. The van der Waals surface area contributed by atoms with Crippen molar-refractivity contribution in [3.8, 4) is 22.3 Å². The van der Waals surface area contributed by atoms with Crippen LogP contribution in [0.1, 0.15) is 41.4 Å². The summed E-state index contributed by atoms with van der Waals surface area (Å²) in [6, 6.07) is 53.7. The number of hydrogen-bond acceptors (Lipinski definition) is 4. The minimum absolute atomic E-state index is 0.354. The summed E-state index contributed by atoms with van der Waals surface area (Å²) in [6.07, 6.45) is 0. The van der Waals surface area contributed by atoms with Crippen molar-refractivity contribution in [3.63, 3.8) is 0 Å². The molecule has 9 aromatic carbocycles. The van der Waals surface area contributed by atoms with Crippen molar-refractivity contribution >= 4 is 78.1 Å². The largest absolute Gasteiger partial charge is 0.268 e. The monoisotopic (exact) mass is 720 g/mol. The molecule has 56 heavy (non-hydrogen) atoms. The highest BCUT2D eigenvalue weighted by atomic mass is 16.2. The molecular formula is C50H28N2O4. The molecule has 0 bridgehead atoms. The lowest BCUT2D eigenvalue weighted by Crippen LogP contribution is -2.40. The predicted octanol–water partition coefficient (Wildman–Crippen LogP) is 11.2. The van der Waals surface area contributed by atoms with Gasteiger partial charge >= 0.3 is 0 Å². The summed E-state index contributed by atoms with van der Waals surface area (Å²) in [5, 5.41) is 6.89. The molecule has 6 heteroatoms. The lowest BCUT2D eigenvalue weighted by molar-refractivity contribution is 0.0877. The standard InChI is InChI=1S/C50H28N2O4/c53-47-39-23-11-21-35-37(25-27-41(45(35)39)49(55)51(47)29-13-3-1-4-14-29)43-31-17-7-9-19-33(31)44(34-20-10-8-18-32(34)43)38-26-28-42-46-36(38)22-12-24-40(46)48(54)52(50(42)56)30-15-5-2-6-16-30/h1-28H. The van der Waals surface area contributed by atoms with Crippen molar-refractivity contribution in [2.24, 2.45) is 0 Å². The number of imide groups is 2. The zero-order valence-corrected chi connectivity index (χ0v) is 29.7. The zero-order chi connectivity index (χ0) is 37.7. The molecule has 0 aromatic heterocycles. The second-order valence-corrected chi connectivity index (χ2v) is 14.2. The Hall–Kier alpha value is -7.70. The highest BCUT2D eigenvalue weighted by molar-refractivity contribution is 6.39. The van der Waals surface area contributed by atoms with Crippen LogP contribution < -0.4 is 9.80 Å². The van der Waals surface area contributed by atoms with Gasteiger partial charge in [0.15, 0.2) is 0 Å². The minimum Gasteiger partial charge on any atom is -0.268 e. The third-order valence-electron chi connectivity index (χ3n) is 11.3. The predicted molar refractivity (Wildman–Crippen MR) is 223 cm³/mol. The average molecular weight is 721 g/mol. The molecule has 262 valence electrons. The van der Waals surface area contributed by atoms with Crippen molar-refractivity contribution in [3.05, 3.63) is 192 Å². The third kappa shape index (κ3) is 4.32. The van der Waals surface area contributed by atoms with Gasteiger partial charge in [-0.15, -0.1) is 0 Å². The van der Waals surface area contributed by atoms with Crippen LogP contribution in [-0.2, 0) is 0 Å². The molecule has 9 aromatic rings. The normalized spacial score (nSPS) is 13.8. The van der Waals surface area contributed by atoms with Crippen molar-refractivity contribution in [2.75, 3.05) is 9.80 Å². The molecule has 0 saturated heterocycles. The fraction of sp³-hybridized carbons (Fsp3) is 0. The molecule has 0 fully saturated rings. The summed E-state index contributed by atoms with van der Waals surface area (Å²) < 4.78 is 0. The minimum atomic E-state index is -0.354. The number of hydrogen-bond donors (Lipinski definition) is 0. The second-order valence-electron chi connectivity index (χ2n) is 14.2. The quantitative estimate of drug-likeness (QED) is 0.134. The van der Waals surface area contributed by atoms with E-state index < -0.39 is 0 Å². The van der Waals surface area contributed by atoms with Gasteiger partial charge in [0.05, 0.1) is 11.4 Å². The van der Waals surface area contributed by atoms with E-state index in [2.05, 4.69) is 24.3 Å². The van der Waals surface area contributed by atoms with Crippen molar-refractivity contribution in [2.45, 2.75) is 0 Å². The van der Waals surface area contributed by atoms with Crippen LogP contribution in [-0.4, -0.2) is 23.6 Å². The van der Waals surface area contributed by atoms with Gasteiger partial charge in [0, 0.05) is 33.0 Å². The number of para-hydroxylation sites is 2. The molecule has 0 N–H and O–H groups in total. The van der Waals surface area contributed by atoms with Crippen LogP contribution in [0.3, 0.4) is 0 Å². The van der Waals surface area contributed by atoms with Crippen LogP contribution in [0.25, 0.3) is 65.3 Å². The SMILES string of the molecule is O=C1c2cccc3c(-c4c5ccccc5c(-c5ccc6c7c(cccc57)C(=O)N(c5ccccc5)C6=O)c5ccccc45)ccc(c23)C(=O)N1c1ccccc1. The summed E-state index contributed by atoms with van der Waals surface area (Å²) in [5.74, 6) is -1.41. The Morgan fingerprint density at radius 3 is 0.893 bits per heavy atom. The maximum Gasteiger partial charge on any atom is 0.265 e. The number of carbonyl (C=O) groups excluding carboxylic acids is 4. The van der Waals surface area contributed by atoms with Crippen molar-refractivity contribution in [1.29, 1.82) is 0 Å². The maximum absolute atomic E-state index is 14.1. The third-order valence-corrected chi connectivity index (χ3v) is 11.3. The average Bonchev–Trinajstić information content (AvgIpc) is 3.24. The number of nitrogens with zero attached hydrogens (tertiary/aromatic N) is 2. The summed E-state index contributed by atoms with van der Waals surface area (Å²) in [5.41, 5.74) is 6.77. The highest BCUT2D eigenvalue weighted by Gasteiger charge is 2.36. The summed E-state index contributed by atoms with van der Waals surface area (Å²) in [4.78, 5) is 58.8. The fourth-order valence-corrected chi connectivity index (χ4v) is 8.96. The van der Waals surface area contributed by atoms with E-state index in [1.54, 1.807) is 36.4 Å². The Balaban J connectivity index is 1.16. The number of benzene rings is 9. The van der Waals surface area contributed by atoms with Gasteiger partial charge in [-0.25, -0.2) is 9.80 Å². The summed E-state index contributed by atoms with van der Waals surface area (Å²) in [6.45, 7) is 0. The van der Waals surface area contributed by atoms with Crippen LogP contribution in [0.4, 0.5) is 11.4 Å². The van der Waals surface area contributed by atoms with Crippen molar-refractivity contribution < 1.29 is 19.2 Å². The van der Waals surface area contributed by atoms with E-state index in [-0.39, 0.29) is 23.6 Å². The Labute approximate surface area is 320 Å². The van der Waals surface area contributed by atoms with E-state index in [1.807, 2.05) is 109 Å². The van der Waals surface area contributed by atoms with E-state index in [0.717, 1.165) is 54.6 Å². The molecule has 0 aliphatic carbocycles. The molecule has 2 aliphatic heterocycles. The molecule has 0 spiro atoms. The van der Waals surface area contributed by atoms with Crippen LogP contribution in [0.15, 0.2) is 170 Å². The summed E-state index contributed by atoms with van der Waals surface area (Å²) in [7, 11) is 0. The van der Waals surface area contributed by atoms with Crippen LogP contribution in [0.5, 0.6) is 0 Å². The molecule has 6 nitrogen and oxygen atoms in total. The van der Waals surface area contributed by atoms with E-state index in [1.165, 1.54) is 9.80 Å². The number of carbonyl (C=O) groups is 4. The van der Waals surface area contributed by atoms with Crippen molar-refractivity contribution in [1.82, 2.24) is 0 Å². The van der Waals surface area contributed by atoms with Gasteiger partial charge in [-0.2, -0.15) is 0 Å². The number of amides is 4. The van der Waals surface area contributed by atoms with E-state index >= 15 is 0 Å². The molecule has 0 radical (unpaired) electrons. The highest BCUT2D eigenvalue weighted by Crippen LogP contribution is 2.49. The van der Waals surface area contributed by atoms with Gasteiger partial charge in [-0.05, 0) is 103 Å². The first-order valence-corrected chi connectivity index (χ1v) is 18.4. The lowest BCUT2D eigenvalue weighted by Gasteiger charge is -2.28. The van der Waals surface area contributed by atoms with Gasteiger partial charge in [-0.3, -0.25) is 19.2 Å². The second kappa shape index (κ2) is 11.9. The van der Waals surface area contributed by atoms with Gasteiger partial charge in [0.1, 0.15) is 0 Å². The molecular weight excluding hydrogens is 693 g/mol. The first kappa shape index (κ1) is 31.8. The number of rotatable bonds is 4. The first-order chi connectivity index (χ1) is 27.5. The Morgan fingerprint density at radius 1 is 0.250 bits per heavy atom. The van der Waals surface area contributed by atoms with Gasteiger partial charge in [0.25, 0.3) is 23.6 Å². The molecule has 2 heterocycles. The Morgan fingerprint density at radius 2 is 0.536 bits per heavy atom. The molecule has 4 amide bonds. The zero-order valence-electron chi connectivity index (χ0n) is 29.7. The molecule has 0 unspecified atom stereocenters. The van der Waals surface area contributed by atoms with E-state index in [9.17, 15) is 19.2 Å². The smallest absolute Gasteiger partial charge is 0.265 e. The first-order valence-electron chi connectivity index (χ1n) is 18.4. The van der Waals surface area contributed by atoms with Crippen LogP contribution >= 0.6 is 0 Å². The molecule has 0 saturated carbocycles. The Kier molecular flexibility index (Phi) is 6.76. The molecule has 0 atom stereocenters. The topological polar surface area (TPSA) is 74.8 Å². The molecule has 11 rings (SSSR count). The lowest BCUT2D eigenvalue weighted by atomic mass is 9.81. The van der Waals surface area contributed by atoms with Gasteiger partial charge in [0.2, 0.25) is 0 Å². The van der Waals surface area contributed by atoms with Gasteiger partial charge in [-0.1, -0.05) is 121 Å². The molecule has 2 aliphatic rings. The van der Waals surface area contributed by atoms with Crippen LogP contribution in [0.2, 0.25) is 0 Å². The fourth-order valence-electron chi connectivity index (χ4n) is 8.96.